The lowest BCUT2D eigenvalue weighted by Gasteiger charge is -2.06. The number of benzene rings is 2. The van der Waals surface area contributed by atoms with Gasteiger partial charge in [-0.05, 0) is 16.8 Å². The summed E-state index contributed by atoms with van der Waals surface area (Å²) in [6.45, 7) is 0.398. The van der Waals surface area contributed by atoms with Gasteiger partial charge in [0.05, 0.1) is 6.54 Å². The quantitative estimate of drug-likeness (QED) is 0.751. The monoisotopic (exact) mass is 251 g/mol. The molecular formula is C15H13N3O. The summed E-state index contributed by atoms with van der Waals surface area (Å²) in [6.07, 6.45) is 3.40. The summed E-state index contributed by atoms with van der Waals surface area (Å²) < 4.78 is 0. The SMILES string of the molecule is O=C(NCc1ncc[nH]1)c1cccc2ccccc12. The van der Waals surface area contributed by atoms with E-state index in [4.69, 9.17) is 0 Å². The zero-order chi connectivity index (χ0) is 13.1. The lowest BCUT2D eigenvalue weighted by molar-refractivity contribution is 0.0951. The molecule has 0 saturated carbocycles. The van der Waals surface area contributed by atoms with Crippen molar-refractivity contribution in [2.24, 2.45) is 0 Å². The molecule has 4 nitrogen and oxygen atoms in total. The highest BCUT2D eigenvalue weighted by Gasteiger charge is 2.09. The standard InChI is InChI=1S/C15H13N3O/c19-15(18-10-14-16-8-9-17-14)13-7-3-5-11-4-1-2-6-12(11)13/h1-9H,10H2,(H,16,17)(H,18,19). The van der Waals surface area contributed by atoms with E-state index in [0.29, 0.717) is 12.1 Å². The number of H-pyrrole nitrogens is 1. The van der Waals surface area contributed by atoms with Gasteiger partial charge in [-0.25, -0.2) is 4.98 Å². The number of hydrogen-bond acceptors (Lipinski definition) is 2. The van der Waals surface area contributed by atoms with Crippen LogP contribution in [-0.4, -0.2) is 15.9 Å². The van der Waals surface area contributed by atoms with E-state index in [1.165, 1.54) is 0 Å². The van der Waals surface area contributed by atoms with E-state index in [1.807, 2.05) is 42.5 Å². The fourth-order valence-electron chi connectivity index (χ4n) is 2.08. The maximum Gasteiger partial charge on any atom is 0.252 e. The molecule has 2 aromatic carbocycles. The molecule has 0 unspecified atom stereocenters. The number of amides is 1. The van der Waals surface area contributed by atoms with Crippen LogP contribution in [0, 0.1) is 0 Å². The number of aromatic amines is 1. The molecule has 3 rings (SSSR count). The number of rotatable bonds is 3. The molecule has 0 aliphatic heterocycles. The molecule has 0 aliphatic carbocycles. The van der Waals surface area contributed by atoms with Crippen LogP contribution in [-0.2, 0) is 6.54 Å². The molecule has 1 amide bonds. The molecule has 0 aliphatic rings. The Bertz CT molecular complexity index is 699. The normalized spacial score (nSPS) is 10.5. The van der Waals surface area contributed by atoms with Gasteiger partial charge in [-0.3, -0.25) is 4.79 Å². The second-order valence-corrected chi connectivity index (χ2v) is 4.25. The highest BCUT2D eigenvalue weighted by molar-refractivity contribution is 6.06. The molecule has 0 saturated heterocycles. The summed E-state index contributed by atoms with van der Waals surface area (Å²) in [5.41, 5.74) is 0.685. The van der Waals surface area contributed by atoms with Crippen molar-refractivity contribution in [3.63, 3.8) is 0 Å². The number of hydrogen-bond donors (Lipinski definition) is 2. The molecule has 1 heterocycles. The van der Waals surface area contributed by atoms with Crippen LogP contribution < -0.4 is 5.32 Å². The smallest absolute Gasteiger partial charge is 0.252 e. The van der Waals surface area contributed by atoms with Gasteiger partial charge in [-0.15, -0.1) is 0 Å². The van der Waals surface area contributed by atoms with Crippen molar-refractivity contribution >= 4 is 16.7 Å². The van der Waals surface area contributed by atoms with Gasteiger partial charge in [-0.1, -0.05) is 36.4 Å². The highest BCUT2D eigenvalue weighted by Crippen LogP contribution is 2.18. The van der Waals surface area contributed by atoms with Gasteiger partial charge in [0.2, 0.25) is 0 Å². The largest absolute Gasteiger partial charge is 0.347 e. The number of nitrogens with zero attached hydrogens (tertiary/aromatic N) is 1. The number of nitrogens with one attached hydrogen (secondary N) is 2. The van der Waals surface area contributed by atoms with Crippen LogP contribution in [0.4, 0.5) is 0 Å². The lowest BCUT2D eigenvalue weighted by atomic mass is 10.0. The first-order chi connectivity index (χ1) is 9.34. The van der Waals surface area contributed by atoms with Gasteiger partial charge in [-0.2, -0.15) is 0 Å². The topological polar surface area (TPSA) is 57.8 Å². The Kier molecular flexibility index (Phi) is 2.98. The molecule has 2 N–H and O–H groups in total. The molecule has 1 aromatic heterocycles. The Hall–Kier alpha value is -2.62. The molecule has 19 heavy (non-hydrogen) atoms. The number of carbonyl (C=O) groups excluding carboxylic acids is 1. The number of carbonyl (C=O) groups is 1. The van der Waals surface area contributed by atoms with Crippen molar-refractivity contribution in [1.82, 2.24) is 15.3 Å². The van der Waals surface area contributed by atoms with Gasteiger partial charge < -0.3 is 10.3 Å². The molecule has 4 heteroatoms. The summed E-state index contributed by atoms with van der Waals surface area (Å²) in [6, 6.07) is 13.6. The molecule has 94 valence electrons. The third-order valence-corrected chi connectivity index (χ3v) is 3.01. The van der Waals surface area contributed by atoms with E-state index in [1.54, 1.807) is 12.4 Å². The van der Waals surface area contributed by atoms with Crippen LogP contribution in [0.2, 0.25) is 0 Å². The fraction of sp³-hybridized carbons (Fsp3) is 0.0667. The highest BCUT2D eigenvalue weighted by atomic mass is 16.1. The van der Waals surface area contributed by atoms with E-state index >= 15 is 0 Å². The Morgan fingerprint density at radius 1 is 1.16 bits per heavy atom. The fourth-order valence-corrected chi connectivity index (χ4v) is 2.08. The second kappa shape index (κ2) is 4.94. The average molecular weight is 251 g/mol. The van der Waals surface area contributed by atoms with Crippen molar-refractivity contribution in [3.8, 4) is 0 Å². The molecule has 0 bridgehead atoms. The molecule has 3 aromatic rings. The predicted molar refractivity (Wildman–Crippen MR) is 73.7 cm³/mol. The predicted octanol–water partition coefficient (Wildman–Crippen LogP) is 2.49. The average Bonchev–Trinajstić information content (AvgIpc) is 2.97. The Balaban J connectivity index is 1.85. The molecule has 0 spiro atoms. The van der Waals surface area contributed by atoms with Gasteiger partial charge in [0, 0.05) is 18.0 Å². The minimum Gasteiger partial charge on any atom is -0.347 e. The number of fused-ring (bicyclic) bond motifs is 1. The van der Waals surface area contributed by atoms with Gasteiger partial charge >= 0.3 is 0 Å². The summed E-state index contributed by atoms with van der Waals surface area (Å²) in [5.74, 6) is 0.654. The molecule has 0 radical (unpaired) electrons. The molecule has 0 fully saturated rings. The van der Waals surface area contributed by atoms with E-state index in [2.05, 4.69) is 15.3 Å². The van der Waals surface area contributed by atoms with Crippen LogP contribution in [0.15, 0.2) is 54.9 Å². The van der Waals surface area contributed by atoms with Gasteiger partial charge in [0.25, 0.3) is 5.91 Å². The zero-order valence-corrected chi connectivity index (χ0v) is 10.3. The van der Waals surface area contributed by atoms with Crippen LogP contribution in [0.3, 0.4) is 0 Å². The van der Waals surface area contributed by atoms with Crippen LogP contribution in [0.25, 0.3) is 10.8 Å². The van der Waals surface area contributed by atoms with Gasteiger partial charge in [0.1, 0.15) is 5.82 Å². The Labute approximate surface area is 110 Å². The third kappa shape index (κ3) is 2.33. The summed E-state index contributed by atoms with van der Waals surface area (Å²) in [4.78, 5) is 19.2. The summed E-state index contributed by atoms with van der Waals surface area (Å²) in [7, 11) is 0. The minimum absolute atomic E-state index is 0.0896. The van der Waals surface area contributed by atoms with Crippen molar-refractivity contribution in [1.29, 1.82) is 0 Å². The number of imidazole rings is 1. The lowest BCUT2D eigenvalue weighted by Crippen LogP contribution is -2.23. The Morgan fingerprint density at radius 3 is 2.84 bits per heavy atom. The van der Waals surface area contributed by atoms with E-state index in [0.717, 1.165) is 16.6 Å². The van der Waals surface area contributed by atoms with E-state index in [-0.39, 0.29) is 5.91 Å². The van der Waals surface area contributed by atoms with Crippen LogP contribution in [0.1, 0.15) is 16.2 Å². The summed E-state index contributed by atoms with van der Waals surface area (Å²) in [5, 5.41) is 4.88. The van der Waals surface area contributed by atoms with Crippen LogP contribution in [0.5, 0.6) is 0 Å². The molecular weight excluding hydrogens is 238 g/mol. The summed E-state index contributed by atoms with van der Waals surface area (Å²) >= 11 is 0. The first kappa shape index (κ1) is 11.5. The van der Waals surface area contributed by atoms with Crippen molar-refractivity contribution in [3.05, 3.63) is 66.2 Å². The zero-order valence-electron chi connectivity index (χ0n) is 10.3. The van der Waals surface area contributed by atoms with Gasteiger partial charge in [0.15, 0.2) is 0 Å². The van der Waals surface area contributed by atoms with Crippen molar-refractivity contribution in [2.45, 2.75) is 6.54 Å². The Morgan fingerprint density at radius 2 is 2.00 bits per heavy atom. The molecule has 0 atom stereocenters. The maximum atomic E-state index is 12.2. The third-order valence-electron chi connectivity index (χ3n) is 3.01. The van der Waals surface area contributed by atoms with Crippen molar-refractivity contribution < 1.29 is 4.79 Å². The first-order valence-corrected chi connectivity index (χ1v) is 6.09. The second-order valence-electron chi connectivity index (χ2n) is 4.25. The minimum atomic E-state index is -0.0896. The first-order valence-electron chi connectivity index (χ1n) is 6.09. The van der Waals surface area contributed by atoms with Crippen molar-refractivity contribution in [2.75, 3.05) is 0 Å². The van der Waals surface area contributed by atoms with E-state index in [9.17, 15) is 4.79 Å². The number of aromatic nitrogens is 2. The van der Waals surface area contributed by atoms with Crippen LogP contribution >= 0.6 is 0 Å². The maximum absolute atomic E-state index is 12.2. The van der Waals surface area contributed by atoms with E-state index < -0.39 is 0 Å².